The van der Waals surface area contributed by atoms with Gasteiger partial charge in [-0.25, -0.2) is 8.42 Å². The smallest absolute Gasteiger partial charge is 0.418 e. The molecule has 0 bridgehead atoms. The Hall–Kier alpha value is -2.49. The van der Waals surface area contributed by atoms with E-state index >= 15 is 0 Å². The normalized spacial score (nSPS) is 12.0. The van der Waals surface area contributed by atoms with Gasteiger partial charge in [0.2, 0.25) is 15.9 Å². The second kappa shape index (κ2) is 7.81. The van der Waals surface area contributed by atoms with Gasteiger partial charge >= 0.3 is 6.18 Å². The molecular formula is C16H17F3N2O4S. The SMILES string of the molecule is CS(=O)(=O)N(CCC(=O)NCc1ccco1)c1ccccc1C(F)(F)F. The van der Waals surface area contributed by atoms with Gasteiger partial charge in [-0.05, 0) is 24.3 Å². The average molecular weight is 390 g/mol. The third-order valence-corrected chi connectivity index (χ3v) is 4.64. The second-order valence-electron chi connectivity index (χ2n) is 5.46. The molecule has 6 nitrogen and oxygen atoms in total. The quantitative estimate of drug-likeness (QED) is 0.789. The van der Waals surface area contributed by atoms with Gasteiger partial charge in [0.25, 0.3) is 0 Å². The molecular weight excluding hydrogens is 373 g/mol. The van der Waals surface area contributed by atoms with Crippen LogP contribution in [0.5, 0.6) is 0 Å². The average Bonchev–Trinajstić information content (AvgIpc) is 3.05. The molecule has 142 valence electrons. The minimum Gasteiger partial charge on any atom is -0.467 e. The highest BCUT2D eigenvalue weighted by atomic mass is 32.2. The van der Waals surface area contributed by atoms with Crippen LogP contribution < -0.4 is 9.62 Å². The first kappa shape index (κ1) is 19.8. The van der Waals surface area contributed by atoms with E-state index in [1.807, 2.05) is 0 Å². The van der Waals surface area contributed by atoms with Gasteiger partial charge < -0.3 is 9.73 Å². The summed E-state index contributed by atoms with van der Waals surface area (Å²) in [6.07, 6.45) is -2.80. The third-order valence-electron chi connectivity index (χ3n) is 3.46. The zero-order chi connectivity index (χ0) is 19.4. The molecule has 2 rings (SSSR count). The predicted octanol–water partition coefficient (Wildman–Crippen LogP) is 2.77. The first-order chi connectivity index (χ1) is 12.1. The molecule has 0 saturated carbocycles. The standard InChI is InChI=1S/C16H17F3N2O4S/c1-26(23,24)21(14-7-3-2-6-13(14)16(17,18)19)9-8-15(22)20-11-12-5-4-10-25-12/h2-7,10H,8-9,11H2,1H3,(H,20,22). The molecule has 0 spiro atoms. The maximum absolute atomic E-state index is 13.2. The van der Waals surface area contributed by atoms with Crippen molar-refractivity contribution in [1.29, 1.82) is 0 Å². The summed E-state index contributed by atoms with van der Waals surface area (Å²) >= 11 is 0. The van der Waals surface area contributed by atoms with Gasteiger partial charge in [0, 0.05) is 13.0 Å². The predicted molar refractivity (Wildman–Crippen MR) is 88.8 cm³/mol. The molecule has 1 heterocycles. The largest absolute Gasteiger partial charge is 0.467 e. The fraction of sp³-hybridized carbons (Fsp3) is 0.312. The number of sulfonamides is 1. The summed E-state index contributed by atoms with van der Waals surface area (Å²) in [6.45, 7) is -0.320. The van der Waals surface area contributed by atoms with E-state index < -0.39 is 39.9 Å². The summed E-state index contributed by atoms with van der Waals surface area (Å²) in [6, 6.07) is 7.61. The zero-order valence-electron chi connectivity index (χ0n) is 13.8. The number of carbonyl (C=O) groups is 1. The summed E-state index contributed by atoms with van der Waals surface area (Å²) in [5.41, 5.74) is -1.59. The summed E-state index contributed by atoms with van der Waals surface area (Å²) in [5, 5.41) is 2.51. The summed E-state index contributed by atoms with van der Waals surface area (Å²) in [7, 11) is -4.02. The first-order valence-electron chi connectivity index (χ1n) is 7.52. The molecule has 1 aromatic heterocycles. The zero-order valence-corrected chi connectivity index (χ0v) is 14.6. The van der Waals surface area contributed by atoms with Crippen LogP contribution in [0, 0.1) is 0 Å². The number of hydrogen-bond acceptors (Lipinski definition) is 4. The summed E-state index contributed by atoms with van der Waals surface area (Å²) < 4.78 is 69.1. The second-order valence-corrected chi connectivity index (χ2v) is 7.36. The van der Waals surface area contributed by atoms with Crippen molar-refractivity contribution in [3.8, 4) is 0 Å². The van der Waals surface area contributed by atoms with Gasteiger partial charge in [0.15, 0.2) is 0 Å². The van der Waals surface area contributed by atoms with Crippen LogP contribution in [0.2, 0.25) is 0 Å². The van der Waals surface area contributed by atoms with Crippen LogP contribution in [-0.4, -0.2) is 27.1 Å². The van der Waals surface area contributed by atoms with E-state index in [1.54, 1.807) is 12.1 Å². The van der Waals surface area contributed by atoms with Gasteiger partial charge in [0.1, 0.15) is 5.76 Å². The molecule has 0 radical (unpaired) electrons. The van der Waals surface area contributed by atoms with Crippen LogP contribution in [0.15, 0.2) is 47.1 Å². The number of amides is 1. The van der Waals surface area contributed by atoms with Gasteiger partial charge in [-0.15, -0.1) is 0 Å². The lowest BCUT2D eigenvalue weighted by atomic mass is 10.1. The molecule has 1 amide bonds. The Morgan fingerprint density at radius 1 is 1.19 bits per heavy atom. The van der Waals surface area contributed by atoms with E-state index in [9.17, 15) is 26.4 Å². The Morgan fingerprint density at radius 3 is 2.46 bits per heavy atom. The third kappa shape index (κ3) is 5.25. The number of nitrogens with one attached hydrogen (secondary N) is 1. The highest BCUT2D eigenvalue weighted by Gasteiger charge is 2.36. The van der Waals surface area contributed by atoms with Crippen molar-refractivity contribution in [3.63, 3.8) is 0 Å². The lowest BCUT2D eigenvalue weighted by Gasteiger charge is -2.25. The number of para-hydroxylation sites is 1. The number of anilines is 1. The van der Waals surface area contributed by atoms with Crippen molar-refractivity contribution in [2.75, 3.05) is 17.1 Å². The number of furan rings is 1. The highest BCUT2D eigenvalue weighted by Crippen LogP contribution is 2.37. The molecule has 0 aliphatic carbocycles. The minimum absolute atomic E-state index is 0.101. The molecule has 0 unspecified atom stereocenters. The van der Waals surface area contributed by atoms with E-state index in [0.717, 1.165) is 18.4 Å². The van der Waals surface area contributed by atoms with Crippen LogP contribution in [0.1, 0.15) is 17.7 Å². The molecule has 0 aliphatic heterocycles. The molecule has 0 fully saturated rings. The van der Waals surface area contributed by atoms with Crippen LogP contribution in [0.3, 0.4) is 0 Å². The Labute approximate surface area is 148 Å². The molecule has 2 aromatic rings. The number of rotatable bonds is 7. The van der Waals surface area contributed by atoms with E-state index in [2.05, 4.69) is 5.32 Å². The highest BCUT2D eigenvalue weighted by molar-refractivity contribution is 7.92. The molecule has 26 heavy (non-hydrogen) atoms. The summed E-state index contributed by atoms with van der Waals surface area (Å²) in [4.78, 5) is 11.9. The van der Waals surface area contributed by atoms with Gasteiger partial charge in [0.05, 0.1) is 30.3 Å². The fourth-order valence-corrected chi connectivity index (χ4v) is 3.23. The van der Waals surface area contributed by atoms with Crippen LogP contribution in [0.25, 0.3) is 0 Å². The Morgan fingerprint density at radius 2 is 1.88 bits per heavy atom. The number of benzene rings is 1. The maximum atomic E-state index is 13.2. The molecule has 0 saturated heterocycles. The Kier molecular flexibility index (Phi) is 5.96. The van der Waals surface area contributed by atoms with Crippen LogP contribution in [-0.2, 0) is 27.5 Å². The van der Waals surface area contributed by atoms with Gasteiger partial charge in [-0.2, -0.15) is 13.2 Å². The number of carbonyl (C=O) groups excluding carboxylic acids is 1. The first-order valence-corrected chi connectivity index (χ1v) is 9.37. The van der Waals surface area contributed by atoms with E-state index in [4.69, 9.17) is 4.42 Å². The number of halogens is 3. The van der Waals surface area contributed by atoms with Gasteiger partial charge in [-0.1, -0.05) is 12.1 Å². The van der Waals surface area contributed by atoms with E-state index in [-0.39, 0.29) is 13.0 Å². The summed E-state index contributed by atoms with van der Waals surface area (Å²) in [5.74, 6) is -0.0136. The number of nitrogens with zero attached hydrogens (tertiary/aromatic N) is 1. The number of hydrogen-bond donors (Lipinski definition) is 1. The lowest BCUT2D eigenvalue weighted by molar-refractivity contribution is -0.137. The monoisotopic (exact) mass is 390 g/mol. The van der Waals surface area contributed by atoms with Crippen LogP contribution >= 0.6 is 0 Å². The molecule has 1 N–H and O–H groups in total. The van der Waals surface area contributed by atoms with Crippen molar-refractivity contribution in [2.24, 2.45) is 0 Å². The van der Waals surface area contributed by atoms with Crippen molar-refractivity contribution in [2.45, 2.75) is 19.1 Å². The number of alkyl halides is 3. The molecule has 1 aromatic carbocycles. The van der Waals surface area contributed by atoms with Crippen molar-refractivity contribution in [3.05, 3.63) is 54.0 Å². The van der Waals surface area contributed by atoms with Crippen molar-refractivity contribution in [1.82, 2.24) is 5.32 Å². The Bertz CT molecular complexity index is 849. The lowest BCUT2D eigenvalue weighted by Crippen LogP contribution is -2.35. The molecule has 10 heteroatoms. The van der Waals surface area contributed by atoms with Crippen molar-refractivity contribution >= 4 is 21.6 Å². The van der Waals surface area contributed by atoms with E-state index in [0.29, 0.717) is 10.1 Å². The molecule has 0 aliphatic rings. The maximum Gasteiger partial charge on any atom is 0.418 e. The van der Waals surface area contributed by atoms with Crippen LogP contribution in [0.4, 0.5) is 18.9 Å². The van der Waals surface area contributed by atoms with Crippen molar-refractivity contribution < 1.29 is 30.8 Å². The topological polar surface area (TPSA) is 79.6 Å². The molecule has 0 atom stereocenters. The Balaban J connectivity index is 2.13. The fourth-order valence-electron chi connectivity index (χ4n) is 2.29. The van der Waals surface area contributed by atoms with E-state index in [1.165, 1.54) is 18.4 Å². The minimum atomic E-state index is -4.72. The van der Waals surface area contributed by atoms with Gasteiger partial charge in [-0.3, -0.25) is 9.10 Å².